The highest BCUT2D eigenvalue weighted by Crippen LogP contribution is 2.40. The van der Waals surface area contributed by atoms with E-state index in [9.17, 15) is 4.79 Å². The highest BCUT2D eigenvalue weighted by molar-refractivity contribution is 5.96. The Bertz CT molecular complexity index is 984. The standard InChI is InChI=1S/C25H29NO5/c1-4-7-18-14-19(16-23(28-2)24(18)29-3)25(27)26-11-5-8-20(26)17-9-10-21-22(15-17)31-13-6-12-30-21/h4,7,9-10,14-16,20H,5-6,8,11-13H2,1-3H3/b7-4+. The van der Waals surface area contributed by atoms with Gasteiger partial charge in [-0.2, -0.15) is 0 Å². The molecule has 2 aliphatic heterocycles. The Balaban J connectivity index is 1.66. The van der Waals surface area contributed by atoms with E-state index < -0.39 is 0 Å². The Morgan fingerprint density at radius 3 is 2.61 bits per heavy atom. The molecule has 2 aliphatic rings. The fourth-order valence-corrected chi connectivity index (χ4v) is 4.33. The molecular formula is C25H29NO5. The third-order valence-electron chi connectivity index (χ3n) is 5.77. The van der Waals surface area contributed by atoms with E-state index in [4.69, 9.17) is 18.9 Å². The second-order valence-electron chi connectivity index (χ2n) is 7.71. The summed E-state index contributed by atoms with van der Waals surface area (Å²) in [4.78, 5) is 15.5. The normalized spacial score (nSPS) is 18.2. The third kappa shape index (κ3) is 4.20. The Kier molecular flexibility index (Phi) is 6.35. The molecule has 6 heteroatoms. The lowest BCUT2D eigenvalue weighted by Gasteiger charge is -2.26. The van der Waals surface area contributed by atoms with Crippen molar-refractivity contribution in [1.82, 2.24) is 4.90 Å². The first-order valence-corrected chi connectivity index (χ1v) is 10.8. The van der Waals surface area contributed by atoms with E-state index in [1.165, 1.54) is 0 Å². The lowest BCUT2D eigenvalue weighted by atomic mass is 10.0. The Morgan fingerprint density at radius 1 is 1.06 bits per heavy atom. The molecule has 164 valence electrons. The van der Waals surface area contributed by atoms with Gasteiger partial charge in [-0.05, 0) is 49.6 Å². The van der Waals surface area contributed by atoms with Crippen molar-refractivity contribution in [1.29, 1.82) is 0 Å². The maximum absolute atomic E-state index is 13.5. The number of fused-ring (bicyclic) bond motifs is 1. The van der Waals surface area contributed by atoms with Crippen molar-refractivity contribution in [2.45, 2.75) is 32.2 Å². The topological polar surface area (TPSA) is 57.2 Å². The molecule has 0 N–H and O–H groups in total. The molecule has 2 aromatic carbocycles. The molecule has 1 unspecified atom stereocenters. The molecule has 6 nitrogen and oxygen atoms in total. The van der Waals surface area contributed by atoms with Gasteiger partial charge in [-0.1, -0.05) is 18.2 Å². The second kappa shape index (κ2) is 9.33. The molecule has 0 saturated carbocycles. The van der Waals surface area contributed by atoms with Crippen LogP contribution < -0.4 is 18.9 Å². The van der Waals surface area contributed by atoms with Crippen molar-refractivity contribution in [3.8, 4) is 23.0 Å². The molecule has 1 saturated heterocycles. The molecule has 0 spiro atoms. The van der Waals surface area contributed by atoms with E-state index in [2.05, 4.69) is 0 Å². The molecule has 0 aliphatic carbocycles. The van der Waals surface area contributed by atoms with Crippen molar-refractivity contribution < 1.29 is 23.7 Å². The van der Waals surface area contributed by atoms with Gasteiger partial charge >= 0.3 is 0 Å². The fourth-order valence-electron chi connectivity index (χ4n) is 4.33. The minimum atomic E-state index is -0.0127. The van der Waals surface area contributed by atoms with E-state index >= 15 is 0 Å². The van der Waals surface area contributed by atoms with Crippen LogP contribution in [0.5, 0.6) is 23.0 Å². The van der Waals surface area contributed by atoms with Gasteiger partial charge in [0, 0.05) is 24.1 Å². The van der Waals surface area contributed by atoms with Gasteiger partial charge < -0.3 is 23.8 Å². The molecule has 2 aromatic rings. The third-order valence-corrected chi connectivity index (χ3v) is 5.77. The largest absolute Gasteiger partial charge is 0.493 e. The number of nitrogens with zero attached hydrogens (tertiary/aromatic N) is 1. The quantitative estimate of drug-likeness (QED) is 0.686. The summed E-state index contributed by atoms with van der Waals surface area (Å²) in [5, 5.41) is 0. The van der Waals surface area contributed by atoms with Gasteiger partial charge in [0.25, 0.3) is 5.91 Å². The summed E-state index contributed by atoms with van der Waals surface area (Å²) in [6.07, 6.45) is 6.58. The first-order chi connectivity index (χ1) is 15.2. The van der Waals surface area contributed by atoms with Gasteiger partial charge in [0.1, 0.15) is 0 Å². The van der Waals surface area contributed by atoms with E-state index in [1.807, 2.05) is 48.2 Å². The average Bonchev–Trinajstić information content (AvgIpc) is 3.16. The second-order valence-corrected chi connectivity index (χ2v) is 7.71. The number of hydrogen-bond donors (Lipinski definition) is 0. The molecule has 1 atom stereocenters. The number of rotatable bonds is 5. The van der Waals surface area contributed by atoms with Crippen molar-refractivity contribution in [2.75, 3.05) is 34.0 Å². The van der Waals surface area contributed by atoms with Crippen LogP contribution in [-0.2, 0) is 0 Å². The highest BCUT2D eigenvalue weighted by atomic mass is 16.5. The zero-order valence-electron chi connectivity index (χ0n) is 18.3. The van der Waals surface area contributed by atoms with E-state index in [0.717, 1.165) is 41.9 Å². The van der Waals surface area contributed by atoms with Gasteiger partial charge in [-0.3, -0.25) is 4.79 Å². The first-order valence-electron chi connectivity index (χ1n) is 10.8. The number of likely N-dealkylation sites (tertiary alicyclic amines) is 1. The van der Waals surface area contributed by atoms with Crippen molar-refractivity contribution in [3.63, 3.8) is 0 Å². The first kappa shape index (κ1) is 21.1. The number of ether oxygens (including phenoxy) is 4. The maximum Gasteiger partial charge on any atom is 0.254 e. The van der Waals surface area contributed by atoms with Crippen LogP contribution >= 0.6 is 0 Å². The number of carbonyl (C=O) groups excluding carboxylic acids is 1. The summed E-state index contributed by atoms with van der Waals surface area (Å²) >= 11 is 0. The summed E-state index contributed by atoms with van der Waals surface area (Å²) in [7, 11) is 3.19. The highest BCUT2D eigenvalue weighted by Gasteiger charge is 2.32. The zero-order valence-corrected chi connectivity index (χ0v) is 18.3. The smallest absolute Gasteiger partial charge is 0.254 e. The summed E-state index contributed by atoms with van der Waals surface area (Å²) in [5.74, 6) is 2.69. The Hall–Kier alpha value is -3.15. The van der Waals surface area contributed by atoms with Crippen LogP contribution in [0.15, 0.2) is 36.4 Å². The molecule has 31 heavy (non-hydrogen) atoms. The predicted octanol–water partition coefficient (Wildman–Crippen LogP) is 4.88. The van der Waals surface area contributed by atoms with Gasteiger partial charge in [0.15, 0.2) is 23.0 Å². The summed E-state index contributed by atoms with van der Waals surface area (Å²) in [6.45, 7) is 3.95. The average molecular weight is 424 g/mol. The van der Waals surface area contributed by atoms with Gasteiger partial charge in [0.2, 0.25) is 0 Å². The Morgan fingerprint density at radius 2 is 1.87 bits per heavy atom. The van der Waals surface area contributed by atoms with Crippen molar-refractivity contribution in [3.05, 3.63) is 53.1 Å². The molecule has 0 aromatic heterocycles. The van der Waals surface area contributed by atoms with Crippen LogP contribution in [0.3, 0.4) is 0 Å². The van der Waals surface area contributed by atoms with Crippen LogP contribution in [0.1, 0.15) is 53.7 Å². The summed E-state index contributed by atoms with van der Waals surface area (Å²) < 4.78 is 22.6. The number of hydrogen-bond acceptors (Lipinski definition) is 5. The number of benzene rings is 2. The SMILES string of the molecule is C/C=C/c1cc(C(=O)N2CCCC2c2ccc3c(c2)OCCCO3)cc(OC)c1OC. The predicted molar refractivity (Wildman–Crippen MR) is 119 cm³/mol. The molecular weight excluding hydrogens is 394 g/mol. The van der Waals surface area contributed by atoms with Gasteiger partial charge in [-0.25, -0.2) is 0 Å². The lowest BCUT2D eigenvalue weighted by molar-refractivity contribution is 0.0735. The number of methoxy groups -OCH3 is 2. The minimum absolute atomic E-state index is 0.00270. The summed E-state index contributed by atoms with van der Waals surface area (Å²) in [5.41, 5.74) is 2.48. The van der Waals surface area contributed by atoms with Crippen molar-refractivity contribution >= 4 is 12.0 Å². The van der Waals surface area contributed by atoms with Crippen LogP contribution in [0.25, 0.3) is 6.08 Å². The number of carbonyl (C=O) groups is 1. The molecule has 2 heterocycles. The zero-order chi connectivity index (χ0) is 21.8. The summed E-state index contributed by atoms with van der Waals surface area (Å²) in [6, 6.07) is 9.66. The molecule has 4 rings (SSSR count). The van der Waals surface area contributed by atoms with E-state index in [-0.39, 0.29) is 11.9 Å². The van der Waals surface area contributed by atoms with Gasteiger partial charge in [0.05, 0.1) is 33.5 Å². The van der Waals surface area contributed by atoms with E-state index in [0.29, 0.717) is 36.8 Å². The molecule has 0 bridgehead atoms. The fraction of sp³-hybridized carbons (Fsp3) is 0.400. The Labute approximate surface area is 183 Å². The molecule has 0 radical (unpaired) electrons. The minimum Gasteiger partial charge on any atom is -0.493 e. The molecule has 1 fully saturated rings. The van der Waals surface area contributed by atoms with Crippen LogP contribution in [0.4, 0.5) is 0 Å². The maximum atomic E-state index is 13.5. The molecule has 1 amide bonds. The van der Waals surface area contributed by atoms with Gasteiger partial charge in [-0.15, -0.1) is 0 Å². The monoisotopic (exact) mass is 423 g/mol. The van der Waals surface area contributed by atoms with Crippen LogP contribution in [0.2, 0.25) is 0 Å². The van der Waals surface area contributed by atoms with Crippen LogP contribution in [-0.4, -0.2) is 44.8 Å². The van der Waals surface area contributed by atoms with Crippen molar-refractivity contribution in [2.24, 2.45) is 0 Å². The number of amides is 1. The number of allylic oxidation sites excluding steroid dienone is 1. The lowest BCUT2D eigenvalue weighted by Crippen LogP contribution is -2.30. The van der Waals surface area contributed by atoms with Crippen LogP contribution in [0, 0.1) is 0 Å². The van der Waals surface area contributed by atoms with E-state index in [1.54, 1.807) is 20.3 Å².